The molecule has 184 valence electrons. The predicted molar refractivity (Wildman–Crippen MR) is 121 cm³/mol. The molecule has 4 fully saturated rings. The van der Waals surface area contributed by atoms with Crippen molar-refractivity contribution in [3.05, 3.63) is 11.6 Å². The molecule has 5 aliphatic rings. The van der Waals surface area contributed by atoms with E-state index in [4.69, 9.17) is 9.84 Å². The summed E-state index contributed by atoms with van der Waals surface area (Å²) in [6, 6.07) is 0. The summed E-state index contributed by atoms with van der Waals surface area (Å²) < 4.78 is 5.20. The lowest BCUT2D eigenvalue weighted by Crippen LogP contribution is -2.68. The van der Waals surface area contributed by atoms with Gasteiger partial charge in [-0.2, -0.15) is 5.10 Å². The van der Waals surface area contributed by atoms with Crippen LogP contribution in [0.15, 0.2) is 16.8 Å². The van der Waals surface area contributed by atoms with Crippen LogP contribution >= 0.6 is 0 Å². The normalized spacial score (nSPS) is 49.2. The molecule has 0 spiro atoms. The fraction of sp³-hybridized carbons (Fsp3) is 0.840. The number of ether oxygens (including phenoxy) is 1. The third-order valence-corrected chi connectivity index (χ3v) is 10.2. The number of esters is 1. The zero-order valence-electron chi connectivity index (χ0n) is 19.5. The Kier molecular flexibility index (Phi) is 5.67. The molecule has 8 heteroatoms. The molecule has 0 unspecified atom stereocenters. The topological polar surface area (TPSA) is 132 Å². The summed E-state index contributed by atoms with van der Waals surface area (Å²) in [4.78, 5) is 11.7. The van der Waals surface area contributed by atoms with Crippen LogP contribution in [0.1, 0.15) is 64.7 Å². The van der Waals surface area contributed by atoms with Crippen LogP contribution in [0.3, 0.4) is 0 Å². The molecular formula is C25H38N2O6. The minimum Gasteiger partial charge on any atom is -0.458 e. The Morgan fingerprint density at radius 1 is 1.15 bits per heavy atom. The van der Waals surface area contributed by atoms with E-state index in [1.165, 1.54) is 0 Å². The molecule has 8 nitrogen and oxygen atoms in total. The number of fused-ring (bicyclic) bond motifs is 5. The lowest BCUT2D eigenvalue weighted by atomic mass is 9.41. The molecule has 0 bridgehead atoms. The van der Waals surface area contributed by atoms with Crippen molar-refractivity contribution in [3.8, 4) is 0 Å². The van der Waals surface area contributed by atoms with Crippen LogP contribution in [0.25, 0.3) is 0 Å². The molecule has 0 aromatic heterocycles. The maximum atomic E-state index is 12.3. The minimum absolute atomic E-state index is 0.0136. The lowest BCUT2D eigenvalue weighted by molar-refractivity contribution is -0.237. The Bertz CT molecular complexity index is 862. The first kappa shape index (κ1) is 23.3. The van der Waals surface area contributed by atoms with Gasteiger partial charge < -0.3 is 30.6 Å². The SMILES string of the molecule is C[C@]12CC[C@H]3[C@@H](CC[C@]4(O)C[C@@H](O)CC[C@]34C=NNCCO)[C@@]1(O)CC[C@@H]2C1=CC(=O)OC1. The largest absolute Gasteiger partial charge is 0.458 e. The van der Waals surface area contributed by atoms with Crippen molar-refractivity contribution in [2.75, 3.05) is 19.8 Å². The molecule has 0 aromatic carbocycles. The standard InChI is InChI=1S/C25H38N2O6/c1-22-6-3-19-20(25(22,32)9-5-18(22)16-12-21(30)33-14-16)4-8-24(31)13-17(29)2-7-23(19,24)15-27-26-10-11-28/h12,15,17-20,26,28-29,31-32H,2-11,13-14H2,1H3/t17-,18+,19-,20+,22+,23-,24-,25-/m0/s1. The van der Waals surface area contributed by atoms with Gasteiger partial charge >= 0.3 is 5.97 Å². The van der Waals surface area contributed by atoms with Crippen LogP contribution in [0.2, 0.25) is 0 Å². The number of aliphatic hydroxyl groups excluding tert-OH is 2. The summed E-state index contributed by atoms with van der Waals surface area (Å²) in [6.45, 7) is 2.82. The Balaban J connectivity index is 1.50. The average molecular weight is 463 g/mol. The Hall–Kier alpha value is -1.48. The number of hydrogen-bond donors (Lipinski definition) is 5. The van der Waals surface area contributed by atoms with Crippen LogP contribution < -0.4 is 5.43 Å². The molecule has 0 radical (unpaired) electrons. The van der Waals surface area contributed by atoms with Gasteiger partial charge in [0, 0.05) is 29.5 Å². The second kappa shape index (κ2) is 8.04. The van der Waals surface area contributed by atoms with E-state index in [9.17, 15) is 20.1 Å². The maximum absolute atomic E-state index is 12.3. The summed E-state index contributed by atoms with van der Waals surface area (Å²) in [7, 11) is 0. The van der Waals surface area contributed by atoms with E-state index in [2.05, 4.69) is 17.5 Å². The number of hydrogen-bond acceptors (Lipinski definition) is 8. The van der Waals surface area contributed by atoms with E-state index in [1.54, 1.807) is 6.08 Å². The average Bonchev–Trinajstić information content (AvgIpc) is 3.31. The second-order valence-electron chi connectivity index (χ2n) is 11.4. The van der Waals surface area contributed by atoms with Gasteiger partial charge in [0.2, 0.25) is 0 Å². The van der Waals surface area contributed by atoms with Gasteiger partial charge in [-0.05, 0) is 74.7 Å². The zero-order chi connectivity index (χ0) is 23.5. The van der Waals surface area contributed by atoms with E-state index in [0.29, 0.717) is 51.7 Å². The minimum atomic E-state index is -1.06. The number of hydrazone groups is 1. The van der Waals surface area contributed by atoms with E-state index in [0.717, 1.165) is 24.8 Å². The number of nitrogens with zero attached hydrogens (tertiary/aromatic N) is 1. The lowest BCUT2D eigenvalue weighted by Gasteiger charge is -2.65. The highest BCUT2D eigenvalue weighted by molar-refractivity contribution is 5.85. The highest BCUT2D eigenvalue weighted by Gasteiger charge is 2.71. The molecule has 0 aromatic rings. The van der Waals surface area contributed by atoms with Crippen LogP contribution in [-0.2, 0) is 9.53 Å². The molecule has 0 saturated heterocycles. The monoisotopic (exact) mass is 462 g/mol. The summed E-state index contributed by atoms with van der Waals surface area (Å²) in [5.74, 6) is -0.0955. The van der Waals surface area contributed by atoms with E-state index in [-0.39, 0.29) is 35.7 Å². The molecule has 1 heterocycles. The molecule has 0 amide bonds. The number of aliphatic hydroxyl groups is 4. The van der Waals surface area contributed by atoms with Gasteiger partial charge in [-0.25, -0.2) is 4.79 Å². The van der Waals surface area contributed by atoms with Crippen LogP contribution in [0.4, 0.5) is 0 Å². The Labute approximate surface area is 195 Å². The van der Waals surface area contributed by atoms with Crippen LogP contribution in [0.5, 0.6) is 0 Å². The third kappa shape index (κ3) is 3.24. The van der Waals surface area contributed by atoms with E-state index < -0.39 is 22.7 Å². The first-order chi connectivity index (χ1) is 15.7. The first-order valence-corrected chi connectivity index (χ1v) is 12.6. The number of rotatable bonds is 5. The summed E-state index contributed by atoms with van der Waals surface area (Å²) >= 11 is 0. The molecule has 5 N–H and O–H groups in total. The van der Waals surface area contributed by atoms with Crippen LogP contribution in [-0.4, -0.2) is 69.7 Å². The summed E-state index contributed by atoms with van der Waals surface area (Å²) in [5, 5.41) is 48.1. The predicted octanol–water partition coefficient (Wildman–Crippen LogP) is 1.27. The highest BCUT2D eigenvalue weighted by Crippen LogP contribution is 2.70. The summed E-state index contributed by atoms with van der Waals surface area (Å²) in [5.41, 5.74) is 0.968. The van der Waals surface area contributed by atoms with E-state index in [1.807, 2.05) is 6.21 Å². The van der Waals surface area contributed by atoms with Crippen molar-refractivity contribution >= 4 is 12.2 Å². The van der Waals surface area contributed by atoms with Crippen molar-refractivity contribution in [2.24, 2.45) is 33.7 Å². The smallest absolute Gasteiger partial charge is 0.331 e. The quantitative estimate of drug-likeness (QED) is 0.180. The number of carbonyl (C=O) groups is 1. The number of carbonyl (C=O) groups excluding carboxylic acids is 1. The van der Waals surface area contributed by atoms with E-state index >= 15 is 0 Å². The molecular weight excluding hydrogens is 424 g/mol. The molecule has 33 heavy (non-hydrogen) atoms. The summed E-state index contributed by atoms with van der Waals surface area (Å²) in [6.07, 6.45) is 8.88. The number of cyclic esters (lactones) is 1. The first-order valence-electron chi connectivity index (χ1n) is 12.6. The molecule has 1 aliphatic heterocycles. The highest BCUT2D eigenvalue weighted by atomic mass is 16.5. The van der Waals surface area contributed by atoms with Gasteiger partial charge in [0.05, 0.1) is 30.5 Å². The Morgan fingerprint density at radius 3 is 2.67 bits per heavy atom. The Morgan fingerprint density at radius 2 is 1.94 bits per heavy atom. The zero-order valence-corrected chi connectivity index (χ0v) is 19.5. The maximum Gasteiger partial charge on any atom is 0.331 e. The van der Waals surface area contributed by atoms with Gasteiger partial charge in [-0.3, -0.25) is 0 Å². The van der Waals surface area contributed by atoms with Gasteiger partial charge in [0.15, 0.2) is 0 Å². The van der Waals surface area contributed by atoms with Gasteiger partial charge in [0.25, 0.3) is 0 Å². The van der Waals surface area contributed by atoms with Gasteiger partial charge in [0.1, 0.15) is 6.61 Å². The van der Waals surface area contributed by atoms with Gasteiger partial charge in [-0.15, -0.1) is 0 Å². The fourth-order valence-corrected chi connectivity index (χ4v) is 8.64. The number of nitrogens with one attached hydrogen (secondary N) is 1. The van der Waals surface area contributed by atoms with Crippen molar-refractivity contribution in [2.45, 2.75) is 82.0 Å². The van der Waals surface area contributed by atoms with Gasteiger partial charge in [-0.1, -0.05) is 6.92 Å². The third-order valence-electron chi connectivity index (χ3n) is 10.2. The molecule has 5 rings (SSSR count). The molecule has 4 saturated carbocycles. The van der Waals surface area contributed by atoms with Crippen molar-refractivity contribution in [1.82, 2.24) is 5.43 Å². The fourth-order valence-electron chi connectivity index (χ4n) is 8.64. The van der Waals surface area contributed by atoms with Crippen molar-refractivity contribution in [1.29, 1.82) is 0 Å². The molecule has 8 atom stereocenters. The van der Waals surface area contributed by atoms with Crippen molar-refractivity contribution < 1.29 is 30.0 Å². The molecule has 4 aliphatic carbocycles. The van der Waals surface area contributed by atoms with Crippen molar-refractivity contribution in [3.63, 3.8) is 0 Å². The second-order valence-corrected chi connectivity index (χ2v) is 11.4. The van der Waals surface area contributed by atoms with Crippen LogP contribution in [0, 0.1) is 28.6 Å².